The highest BCUT2D eigenvalue weighted by molar-refractivity contribution is 7.13. The van der Waals surface area contributed by atoms with E-state index < -0.39 is 41.0 Å². The maximum absolute atomic E-state index is 14.0. The van der Waals surface area contributed by atoms with Crippen LogP contribution in [0.1, 0.15) is 109 Å². The molecule has 2 heterocycles. The molecule has 1 aliphatic heterocycles. The number of anilines is 1. The van der Waals surface area contributed by atoms with Crippen molar-refractivity contribution in [3.8, 4) is 22.3 Å². The first-order valence-electron chi connectivity index (χ1n) is 27.2. The summed E-state index contributed by atoms with van der Waals surface area (Å²) in [6.07, 6.45) is 6.98. The first kappa shape index (κ1) is 56.9. The zero-order valence-electron chi connectivity index (χ0n) is 45.6. The maximum atomic E-state index is 14.0. The molecule has 5 aliphatic rings. The van der Waals surface area contributed by atoms with Crippen LogP contribution >= 0.6 is 11.3 Å². The minimum Gasteiger partial charge on any atom is -0.391 e. The van der Waals surface area contributed by atoms with Crippen LogP contribution in [0.2, 0.25) is 0 Å². The number of aromatic nitrogens is 1. The molecule has 16 heteroatoms. The van der Waals surface area contributed by atoms with Gasteiger partial charge in [-0.2, -0.15) is 0 Å². The average Bonchev–Trinajstić information content (AvgIpc) is 4.10. The third-order valence-corrected chi connectivity index (χ3v) is 17.6. The van der Waals surface area contributed by atoms with Crippen molar-refractivity contribution in [3.63, 3.8) is 0 Å². The molecule has 0 unspecified atom stereocenters. The lowest BCUT2D eigenvalue weighted by Crippen LogP contribution is -2.58. The van der Waals surface area contributed by atoms with Gasteiger partial charge < -0.3 is 49.6 Å². The van der Waals surface area contributed by atoms with Gasteiger partial charge in [-0.05, 0) is 116 Å². The highest BCUT2D eigenvalue weighted by atomic mass is 32.1. The van der Waals surface area contributed by atoms with Crippen molar-refractivity contribution in [3.05, 3.63) is 93.7 Å². The van der Waals surface area contributed by atoms with Crippen molar-refractivity contribution in [2.75, 3.05) is 77.9 Å². The van der Waals surface area contributed by atoms with Gasteiger partial charge in [-0.25, -0.2) is 4.98 Å². The number of fused-ring (bicyclic) bond motifs is 4. The van der Waals surface area contributed by atoms with Crippen molar-refractivity contribution in [2.45, 2.75) is 129 Å². The van der Waals surface area contributed by atoms with E-state index in [0.717, 1.165) is 59.5 Å². The third kappa shape index (κ3) is 13.0. The van der Waals surface area contributed by atoms with Crippen LogP contribution in [-0.2, 0) is 44.7 Å². The maximum Gasteiger partial charge on any atom is 0.246 e. The number of likely N-dealkylation sites (tertiary alicyclic amines) is 1. The van der Waals surface area contributed by atoms with Gasteiger partial charge >= 0.3 is 0 Å². The first-order chi connectivity index (χ1) is 36.4. The molecule has 1 saturated heterocycles. The number of carbonyl (C=O) groups is 4. The van der Waals surface area contributed by atoms with Gasteiger partial charge in [-0.15, -0.1) is 17.3 Å². The van der Waals surface area contributed by atoms with E-state index in [4.69, 9.17) is 18.9 Å². The van der Waals surface area contributed by atoms with E-state index in [-0.39, 0.29) is 62.4 Å². The van der Waals surface area contributed by atoms with Crippen molar-refractivity contribution < 1.29 is 48.3 Å². The molecule has 3 fully saturated rings. The summed E-state index contributed by atoms with van der Waals surface area (Å²) in [6.45, 7) is 14.8. The van der Waals surface area contributed by atoms with Gasteiger partial charge in [0, 0.05) is 56.5 Å². The molecule has 4 N–H and O–H groups in total. The number of allylic oxidation sites excluding steroid dienone is 4. The minimum atomic E-state index is -1.00. The van der Waals surface area contributed by atoms with Gasteiger partial charge in [0.2, 0.25) is 17.7 Å². The van der Waals surface area contributed by atoms with E-state index in [1.165, 1.54) is 27.2 Å². The Labute approximate surface area is 453 Å². The summed E-state index contributed by atoms with van der Waals surface area (Å²) in [6, 6.07) is 14.9. The van der Waals surface area contributed by atoms with E-state index in [9.17, 15) is 29.4 Å². The Balaban J connectivity index is 0.701. The van der Waals surface area contributed by atoms with Crippen molar-refractivity contribution in [2.24, 2.45) is 22.7 Å². The molecule has 410 valence electrons. The Morgan fingerprint density at radius 1 is 0.947 bits per heavy atom. The lowest BCUT2D eigenvalue weighted by Gasteiger charge is -2.53. The van der Waals surface area contributed by atoms with Crippen molar-refractivity contribution in [1.29, 1.82) is 0 Å². The summed E-state index contributed by atoms with van der Waals surface area (Å²) >= 11 is 1.57. The van der Waals surface area contributed by atoms with Crippen LogP contribution in [0.5, 0.6) is 0 Å². The molecule has 0 spiro atoms. The molecule has 8 rings (SSSR count). The number of thiazole rings is 1. The number of nitrogens with one attached hydrogen (secondary N) is 2. The summed E-state index contributed by atoms with van der Waals surface area (Å²) in [7, 11) is 2.06. The molecule has 2 aromatic carbocycles. The van der Waals surface area contributed by atoms with Crippen LogP contribution in [0.25, 0.3) is 10.4 Å². The van der Waals surface area contributed by atoms with E-state index in [1.54, 1.807) is 11.3 Å². The van der Waals surface area contributed by atoms with E-state index in [1.807, 2.05) is 70.5 Å². The summed E-state index contributed by atoms with van der Waals surface area (Å²) in [5.41, 5.74) is 9.20. The number of aliphatic hydroxyl groups is 2. The number of amides is 3. The van der Waals surface area contributed by atoms with E-state index >= 15 is 0 Å². The lowest BCUT2D eigenvalue weighted by molar-refractivity contribution is -0.144. The van der Waals surface area contributed by atoms with Crippen LogP contribution in [0.3, 0.4) is 0 Å². The van der Waals surface area contributed by atoms with E-state index in [0.29, 0.717) is 64.3 Å². The fourth-order valence-corrected chi connectivity index (χ4v) is 13.3. The predicted octanol–water partition coefficient (Wildman–Crippen LogP) is 7.08. The summed E-state index contributed by atoms with van der Waals surface area (Å²) < 4.78 is 22.8. The van der Waals surface area contributed by atoms with Gasteiger partial charge in [0.15, 0.2) is 5.78 Å². The second kappa shape index (κ2) is 25.0. The molecule has 0 radical (unpaired) electrons. The van der Waals surface area contributed by atoms with Gasteiger partial charge in [-0.3, -0.25) is 19.2 Å². The van der Waals surface area contributed by atoms with Gasteiger partial charge in [0.05, 0.1) is 68.4 Å². The highest BCUT2D eigenvalue weighted by Crippen LogP contribution is 2.66. The predicted molar refractivity (Wildman–Crippen MR) is 293 cm³/mol. The largest absolute Gasteiger partial charge is 0.391 e. The molecular formula is C60H79N5O10S. The number of nitrogens with zero attached hydrogens (tertiary/aromatic N) is 3. The Morgan fingerprint density at radius 2 is 1.63 bits per heavy atom. The number of rotatable bonds is 22. The number of β-amino-alcohol motifs (C(OH)–C–C–N with tert-alkyl or cyclic N) is 1. The number of likely N-dealkylation sites (N-methyl/N-ethyl adjacent to an activating group) is 1. The molecule has 4 aliphatic carbocycles. The topological polar surface area (TPSA) is 189 Å². The second-order valence-corrected chi connectivity index (χ2v) is 23.5. The molecule has 0 bridgehead atoms. The number of benzene rings is 2. The highest BCUT2D eigenvalue weighted by Gasteiger charge is 2.62. The standard InChI is InChI=1S/C60H79N5O10S/c1-8-22-60(71)23-21-50-48-19-15-43-32-45(66)18-20-47(43)53(48)49(34-59(50,60)6)41-13-16-44(17-14-41)64(7)24-25-72-26-27-73-28-29-74-30-31-75-37-52(68)63-55(58(3,4)5)57(70)65-36-46(67)33-51(65)56(69)61-35-40-9-11-42(12-10-40)54-39(2)62-38-76-54/h9-14,16-17,32,38,46,48-51,55,67,71H,15,18-21,23-31,33-37H2,1-7H3,(H,61,69)(H,63,68)/t46-,48+,49-,50+,51+,55-,59+,60+/m1/s1. The SMILES string of the molecule is CC#C[C@]1(O)CC[C@H]2[C@@H]3CCC4=CC(=O)CCC4=C3[C@@H](c3ccc(N(C)CCOCCOCCOCCOCC(=O)N[C@H](C(=O)N4C[C@H](O)C[C@H]4C(=O)NCc4ccc(-c5scnc5C)cc4)C(C)(C)C)cc3)C[C@@]21C. The summed E-state index contributed by atoms with van der Waals surface area (Å²) in [5, 5.41) is 28.4. The molecule has 3 aromatic rings. The smallest absolute Gasteiger partial charge is 0.246 e. The molecular weight excluding hydrogens is 983 g/mol. The Kier molecular flexibility index (Phi) is 18.8. The van der Waals surface area contributed by atoms with Crippen LogP contribution in [0, 0.1) is 41.4 Å². The van der Waals surface area contributed by atoms with E-state index in [2.05, 4.69) is 70.6 Å². The van der Waals surface area contributed by atoms with Gasteiger partial charge in [0.1, 0.15) is 24.3 Å². The number of aliphatic hydroxyl groups excluding tert-OH is 1. The molecule has 2 saturated carbocycles. The Hall–Kier alpha value is -5.25. The molecule has 3 amide bonds. The minimum absolute atomic E-state index is 0.0148. The molecule has 15 nitrogen and oxygen atoms in total. The Morgan fingerprint density at radius 3 is 2.29 bits per heavy atom. The van der Waals surface area contributed by atoms with Crippen molar-refractivity contribution >= 4 is 40.5 Å². The quantitative estimate of drug-likeness (QED) is 0.0592. The van der Waals surface area contributed by atoms with Crippen LogP contribution in [0.15, 0.2) is 76.8 Å². The number of hydrogen-bond acceptors (Lipinski definition) is 13. The number of ether oxygens (including phenoxy) is 4. The molecule has 76 heavy (non-hydrogen) atoms. The van der Waals surface area contributed by atoms with Crippen LogP contribution in [-0.4, -0.2) is 140 Å². The zero-order chi connectivity index (χ0) is 54.2. The van der Waals surface area contributed by atoms with Gasteiger partial charge in [0.25, 0.3) is 0 Å². The number of carbonyl (C=O) groups excluding carboxylic acids is 4. The monoisotopic (exact) mass is 1060 g/mol. The molecule has 8 atom stereocenters. The molecule has 1 aromatic heterocycles. The average molecular weight is 1060 g/mol. The Bertz CT molecular complexity index is 2670. The number of aryl methyl sites for hydroxylation is 1. The van der Waals surface area contributed by atoms with Crippen LogP contribution < -0.4 is 15.5 Å². The number of hydrogen-bond donors (Lipinski definition) is 4. The fraction of sp³-hybridized carbons (Fsp3) is 0.583. The van der Waals surface area contributed by atoms with Crippen LogP contribution in [0.4, 0.5) is 5.69 Å². The summed E-state index contributed by atoms with van der Waals surface area (Å²) in [5.74, 6) is 6.18. The fourth-order valence-electron chi connectivity index (χ4n) is 12.5. The number of ketones is 1. The zero-order valence-corrected chi connectivity index (χ0v) is 46.4. The summed E-state index contributed by atoms with van der Waals surface area (Å²) in [4.78, 5) is 61.9. The normalized spacial score (nSPS) is 25.4. The van der Waals surface area contributed by atoms with Gasteiger partial charge in [-0.1, -0.05) is 75.6 Å². The lowest BCUT2D eigenvalue weighted by atomic mass is 9.51. The first-order valence-corrected chi connectivity index (χ1v) is 28.1. The van der Waals surface area contributed by atoms with Crippen molar-refractivity contribution in [1.82, 2.24) is 20.5 Å². The second-order valence-electron chi connectivity index (χ2n) is 22.6. The third-order valence-electron chi connectivity index (χ3n) is 16.6.